The molecular weight excluding hydrogens is 246 g/mol. The van der Waals surface area contributed by atoms with E-state index in [1.165, 1.54) is 5.56 Å². The van der Waals surface area contributed by atoms with Gasteiger partial charge in [0.1, 0.15) is 17.2 Å². The summed E-state index contributed by atoms with van der Waals surface area (Å²) in [6.45, 7) is 2.85. The summed E-state index contributed by atoms with van der Waals surface area (Å²) in [7, 11) is 1.94. The summed E-state index contributed by atoms with van der Waals surface area (Å²) in [5.41, 5.74) is 2.34. The maximum absolute atomic E-state index is 4.41. The van der Waals surface area contributed by atoms with E-state index in [1.807, 2.05) is 30.2 Å². The first kappa shape index (κ1) is 12.9. The van der Waals surface area contributed by atoms with Gasteiger partial charge in [0.05, 0.1) is 5.69 Å². The molecule has 1 N–H and O–H groups in total. The molecular formula is C12H17N5S. The number of hydrogen-bond acceptors (Lipinski definition) is 5. The number of aromatic nitrogens is 4. The van der Waals surface area contributed by atoms with Crippen molar-refractivity contribution in [1.82, 2.24) is 19.7 Å². The van der Waals surface area contributed by atoms with Gasteiger partial charge in [0, 0.05) is 31.4 Å². The standard InChI is InChI=1S/C12H17N5S/c1-4-10-9(7-17(2)16-10)6-13-11-5-12(18-3)15-8-14-11/h5,7-8H,4,6H2,1-3H3,(H,13,14,15). The number of nitrogens with one attached hydrogen (secondary N) is 1. The lowest BCUT2D eigenvalue weighted by Gasteiger charge is -2.05. The van der Waals surface area contributed by atoms with E-state index in [0.717, 1.165) is 29.5 Å². The van der Waals surface area contributed by atoms with E-state index in [4.69, 9.17) is 0 Å². The summed E-state index contributed by atoms with van der Waals surface area (Å²) >= 11 is 1.61. The summed E-state index contributed by atoms with van der Waals surface area (Å²) in [5, 5.41) is 8.69. The summed E-state index contributed by atoms with van der Waals surface area (Å²) in [6, 6.07) is 1.95. The minimum absolute atomic E-state index is 0.738. The molecule has 0 aliphatic carbocycles. The lowest BCUT2D eigenvalue weighted by Crippen LogP contribution is -2.03. The molecule has 0 spiro atoms. The third-order valence-corrected chi connectivity index (χ3v) is 3.28. The van der Waals surface area contributed by atoms with E-state index in [-0.39, 0.29) is 0 Å². The Morgan fingerprint density at radius 1 is 1.39 bits per heavy atom. The molecule has 0 radical (unpaired) electrons. The number of nitrogens with zero attached hydrogens (tertiary/aromatic N) is 4. The smallest absolute Gasteiger partial charge is 0.130 e. The van der Waals surface area contributed by atoms with Crippen molar-refractivity contribution in [3.8, 4) is 0 Å². The Balaban J connectivity index is 2.06. The van der Waals surface area contributed by atoms with Crippen LogP contribution in [0.1, 0.15) is 18.2 Å². The predicted molar refractivity (Wildman–Crippen MR) is 73.7 cm³/mol. The van der Waals surface area contributed by atoms with Crippen LogP contribution in [0.15, 0.2) is 23.6 Å². The van der Waals surface area contributed by atoms with Gasteiger partial charge in [-0.1, -0.05) is 6.92 Å². The van der Waals surface area contributed by atoms with Crippen molar-refractivity contribution in [3.63, 3.8) is 0 Å². The topological polar surface area (TPSA) is 55.6 Å². The van der Waals surface area contributed by atoms with Gasteiger partial charge in [-0.3, -0.25) is 4.68 Å². The third-order valence-electron chi connectivity index (χ3n) is 2.64. The maximum Gasteiger partial charge on any atom is 0.130 e. The lowest BCUT2D eigenvalue weighted by molar-refractivity contribution is 0.746. The van der Waals surface area contributed by atoms with Crippen LogP contribution in [0.4, 0.5) is 5.82 Å². The molecule has 0 bridgehead atoms. The highest BCUT2D eigenvalue weighted by Gasteiger charge is 2.06. The molecule has 5 nitrogen and oxygen atoms in total. The van der Waals surface area contributed by atoms with Crippen molar-refractivity contribution >= 4 is 17.6 Å². The number of thioether (sulfide) groups is 1. The predicted octanol–water partition coefficient (Wildman–Crippen LogP) is 2.11. The van der Waals surface area contributed by atoms with Gasteiger partial charge in [0.2, 0.25) is 0 Å². The molecule has 0 saturated carbocycles. The van der Waals surface area contributed by atoms with Crippen LogP contribution in [-0.2, 0) is 20.0 Å². The quantitative estimate of drug-likeness (QED) is 0.661. The van der Waals surface area contributed by atoms with Gasteiger partial charge < -0.3 is 5.32 Å². The summed E-state index contributed by atoms with van der Waals surface area (Å²) in [6.07, 6.45) is 6.57. The fourth-order valence-corrected chi connectivity index (χ4v) is 2.14. The molecule has 2 aromatic heterocycles. The van der Waals surface area contributed by atoms with Crippen LogP contribution >= 0.6 is 11.8 Å². The Labute approximate surface area is 111 Å². The molecule has 0 saturated heterocycles. The van der Waals surface area contributed by atoms with E-state index < -0.39 is 0 Å². The molecule has 0 atom stereocenters. The van der Waals surface area contributed by atoms with Gasteiger partial charge in [-0.25, -0.2) is 9.97 Å². The molecule has 0 fully saturated rings. The molecule has 0 unspecified atom stereocenters. The van der Waals surface area contributed by atoms with Crippen molar-refractivity contribution in [2.75, 3.05) is 11.6 Å². The zero-order valence-electron chi connectivity index (χ0n) is 10.8. The van der Waals surface area contributed by atoms with E-state index in [1.54, 1.807) is 18.1 Å². The second-order valence-corrected chi connectivity index (χ2v) is 4.75. The fraction of sp³-hybridized carbons (Fsp3) is 0.417. The average molecular weight is 263 g/mol. The van der Waals surface area contributed by atoms with Crippen LogP contribution < -0.4 is 5.32 Å². The van der Waals surface area contributed by atoms with Crippen LogP contribution in [0.5, 0.6) is 0 Å². The largest absolute Gasteiger partial charge is 0.366 e. The monoisotopic (exact) mass is 263 g/mol. The van der Waals surface area contributed by atoms with Crippen LogP contribution in [0.2, 0.25) is 0 Å². The second kappa shape index (κ2) is 5.86. The zero-order valence-corrected chi connectivity index (χ0v) is 11.7. The van der Waals surface area contributed by atoms with E-state index in [9.17, 15) is 0 Å². The molecule has 0 aromatic carbocycles. The van der Waals surface area contributed by atoms with Gasteiger partial charge in [-0.15, -0.1) is 11.8 Å². The van der Waals surface area contributed by atoms with E-state index in [0.29, 0.717) is 0 Å². The van der Waals surface area contributed by atoms with E-state index in [2.05, 4.69) is 27.3 Å². The van der Waals surface area contributed by atoms with Gasteiger partial charge in [0.25, 0.3) is 0 Å². The molecule has 2 aromatic rings. The Morgan fingerprint density at radius 3 is 2.94 bits per heavy atom. The van der Waals surface area contributed by atoms with Crippen molar-refractivity contribution in [1.29, 1.82) is 0 Å². The summed E-state index contributed by atoms with van der Waals surface area (Å²) in [5.74, 6) is 0.847. The second-order valence-electron chi connectivity index (χ2n) is 3.93. The summed E-state index contributed by atoms with van der Waals surface area (Å²) in [4.78, 5) is 8.35. The van der Waals surface area contributed by atoms with Gasteiger partial charge in [0.15, 0.2) is 0 Å². The Hall–Kier alpha value is -1.56. The lowest BCUT2D eigenvalue weighted by atomic mass is 10.2. The van der Waals surface area contributed by atoms with Crippen molar-refractivity contribution in [3.05, 3.63) is 29.8 Å². The normalized spacial score (nSPS) is 10.6. The Morgan fingerprint density at radius 2 is 2.22 bits per heavy atom. The van der Waals surface area contributed by atoms with Crippen LogP contribution in [-0.4, -0.2) is 26.0 Å². The average Bonchev–Trinajstić information content (AvgIpc) is 2.77. The minimum Gasteiger partial charge on any atom is -0.366 e. The zero-order chi connectivity index (χ0) is 13.0. The highest BCUT2D eigenvalue weighted by Crippen LogP contribution is 2.15. The molecule has 2 rings (SSSR count). The Kier molecular flexibility index (Phi) is 4.19. The SMILES string of the molecule is CCc1nn(C)cc1CNc1cc(SC)ncn1. The molecule has 96 valence electrons. The molecule has 0 aliphatic rings. The van der Waals surface area contributed by atoms with Crippen LogP contribution in [0, 0.1) is 0 Å². The number of rotatable bonds is 5. The van der Waals surface area contributed by atoms with Gasteiger partial charge in [-0.2, -0.15) is 5.10 Å². The third kappa shape index (κ3) is 3.01. The van der Waals surface area contributed by atoms with Crippen molar-refractivity contribution < 1.29 is 0 Å². The highest BCUT2D eigenvalue weighted by atomic mass is 32.2. The first-order valence-electron chi connectivity index (χ1n) is 5.84. The van der Waals surface area contributed by atoms with Crippen LogP contribution in [0.25, 0.3) is 0 Å². The summed E-state index contributed by atoms with van der Waals surface area (Å²) < 4.78 is 1.85. The maximum atomic E-state index is 4.41. The first-order chi connectivity index (χ1) is 8.72. The Bertz CT molecular complexity index is 523. The van der Waals surface area contributed by atoms with E-state index >= 15 is 0 Å². The molecule has 6 heteroatoms. The minimum atomic E-state index is 0.738. The number of aryl methyl sites for hydroxylation is 2. The highest BCUT2D eigenvalue weighted by molar-refractivity contribution is 7.98. The van der Waals surface area contributed by atoms with Crippen molar-refractivity contribution in [2.45, 2.75) is 24.9 Å². The number of hydrogen-bond donors (Lipinski definition) is 1. The molecule has 18 heavy (non-hydrogen) atoms. The number of anilines is 1. The van der Waals surface area contributed by atoms with Gasteiger partial charge >= 0.3 is 0 Å². The van der Waals surface area contributed by atoms with Crippen molar-refractivity contribution in [2.24, 2.45) is 7.05 Å². The van der Waals surface area contributed by atoms with Gasteiger partial charge in [-0.05, 0) is 12.7 Å². The fourth-order valence-electron chi connectivity index (χ4n) is 1.76. The molecule has 0 amide bonds. The molecule has 2 heterocycles. The first-order valence-corrected chi connectivity index (χ1v) is 7.06. The molecule has 0 aliphatic heterocycles. The van der Waals surface area contributed by atoms with Crippen LogP contribution in [0.3, 0.4) is 0 Å².